The molecule has 9 heteroatoms. The number of azo groups is 1. The molecule has 0 bridgehead atoms. The van der Waals surface area contributed by atoms with E-state index in [2.05, 4.69) is 10.2 Å². The zero-order chi connectivity index (χ0) is 16.3. The van der Waals surface area contributed by atoms with Gasteiger partial charge in [0.05, 0.1) is 23.4 Å². The van der Waals surface area contributed by atoms with E-state index >= 15 is 0 Å². The maximum Gasteiger partial charge on any atom is 1.00 e. The minimum absolute atomic E-state index is 0. The second-order valence-electron chi connectivity index (χ2n) is 4.48. The standard InChI is InChI=1S/C14H14N2O5S.Na/c1-9-7-12(14(17)13(8-9)21-2)16-15-10-3-5-11(6-4-10)22(18,19)20;/h3-8,17H,1-2H3,(H,18,19,20);/q;+1/p-1. The molecule has 116 valence electrons. The Bertz CT molecular complexity index is 820. The van der Waals surface area contributed by atoms with Crippen LogP contribution in [0.25, 0.3) is 0 Å². The molecule has 0 fully saturated rings. The van der Waals surface area contributed by atoms with Crippen molar-refractivity contribution in [2.75, 3.05) is 7.11 Å². The second-order valence-corrected chi connectivity index (χ2v) is 5.91. The largest absolute Gasteiger partial charge is 1.00 e. The monoisotopic (exact) mass is 344 g/mol. The van der Waals surface area contributed by atoms with Gasteiger partial charge < -0.3 is 9.84 Å². The fraction of sp³-hybridized carbons (Fsp3) is 0.143. The molecule has 23 heavy (non-hydrogen) atoms. The number of hydrogen-bond acceptors (Lipinski definition) is 6. The molecule has 0 heterocycles. The number of hydrogen-bond donors (Lipinski definition) is 1. The number of benzene rings is 2. The van der Waals surface area contributed by atoms with Crippen LogP contribution in [0.4, 0.5) is 11.4 Å². The summed E-state index contributed by atoms with van der Waals surface area (Å²) in [5.41, 5.74) is 1.26. The van der Waals surface area contributed by atoms with Crippen LogP contribution in [0.5, 0.6) is 11.5 Å². The van der Waals surface area contributed by atoms with Crippen molar-refractivity contribution in [2.45, 2.75) is 11.8 Å². The third-order valence-corrected chi connectivity index (χ3v) is 3.68. The number of rotatable bonds is 4. The van der Waals surface area contributed by atoms with E-state index in [0.29, 0.717) is 5.69 Å². The zero-order valence-electron chi connectivity index (χ0n) is 12.8. The van der Waals surface area contributed by atoms with Gasteiger partial charge in [0, 0.05) is 0 Å². The Kier molecular flexibility index (Phi) is 6.72. The van der Waals surface area contributed by atoms with Gasteiger partial charge in [-0.2, -0.15) is 18.6 Å². The van der Waals surface area contributed by atoms with Gasteiger partial charge in [0.1, 0.15) is 5.75 Å². The fourth-order valence-electron chi connectivity index (χ4n) is 1.74. The summed E-state index contributed by atoms with van der Waals surface area (Å²) < 4.78 is 35.7. The van der Waals surface area contributed by atoms with Crippen molar-refractivity contribution in [2.24, 2.45) is 10.2 Å². The molecule has 2 rings (SSSR count). The quantitative estimate of drug-likeness (QED) is 0.467. The Morgan fingerprint density at radius 2 is 1.74 bits per heavy atom. The molecule has 0 spiro atoms. The summed E-state index contributed by atoms with van der Waals surface area (Å²) in [5.74, 6) is -0.206. The number of methoxy groups -OCH3 is 1. The van der Waals surface area contributed by atoms with Crippen LogP contribution in [0.1, 0.15) is 5.56 Å². The maximum absolute atomic E-state index is 12.0. The Morgan fingerprint density at radius 3 is 2.26 bits per heavy atom. The average Bonchev–Trinajstić information content (AvgIpc) is 2.47. The van der Waals surface area contributed by atoms with Crippen molar-refractivity contribution in [3.63, 3.8) is 0 Å². The van der Waals surface area contributed by atoms with Gasteiger partial charge in [-0.25, -0.2) is 0 Å². The van der Waals surface area contributed by atoms with E-state index in [-0.39, 0.29) is 51.6 Å². The molecule has 0 amide bonds. The first kappa shape index (κ1) is 19.6. The van der Waals surface area contributed by atoms with Crippen LogP contribution in [0, 0.1) is 6.92 Å². The molecule has 0 aliphatic heterocycles. The van der Waals surface area contributed by atoms with Crippen molar-refractivity contribution >= 4 is 21.5 Å². The van der Waals surface area contributed by atoms with Crippen LogP contribution < -0.4 is 39.4 Å². The van der Waals surface area contributed by atoms with Crippen LogP contribution in [0.2, 0.25) is 0 Å². The van der Waals surface area contributed by atoms with Crippen LogP contribution in [0.3, 0.4) is 0 Å². The van der Waals surface area contributed by atoms with Crippen LogP contribution >= 0.6 is 0 Å². The Hall–Kier alpha value is -1.45. The zero-order valence-corrected chi connectivity index (χ0v) is 15.7. The molecule has 0 radical (unpaired) electrons. The van der Waals surface area contributed by atoms with E-state index < -0.39 is 10.1 Å². The van der Waals surface area contributed by atoms with Crippen LogP contribution in [0.15, 0.2) is 51.5 Å². The van der Waals surface area contributed by atoms with Gasteiger partial charge in [-0.1, -0.05) is 0 Å². The molecule has 0 saturated heterocycles. The number of nitrogens with zero attached hydrogens (tertiary/aromatic N) is 2. The molecular weight excluding hydrogens is 331 g/mol. The summed E-state index contributed by atoms with van der Waals surface area (Å²) in [6.45, 7) is 1.79. The van der Waals surface area contributed by atoms with Crippen molar-refractivity contribution in [3.05, 3.63) is 42.0 Å². The Labute approximate surface area is 156 Å². The van der Waals surface area contributed by atoms with Gasteiger partial charge in [0.2, 0.25) is 0 Å². The molecule has 7 nitrogen and oxygen atoms in total. The van der Waals surface area contributed by atoms with Gasteiger partial charge in [-0.3, -0.25) is 4.55 Å². The van der Waals surface area contributed by atoms with Gasteiger partial charge in [-0.15, -0.1) is 0 Å². The van der Waals surface area contributed by atoms with E-state index in [4.69, 9.17) is 9.29 Å². The third-order valence-electron chi connectivity index (χ3n) is 2.81. The molecule has 2 aromatic rings. The van der Waals surface area contributed by atoms with E-state index in [1.54, 1.807) is 19.1 Å². The summed E-state index contributed by atoms with van der Waals surface area (Å²) in [5, 5.41) is 19.7. The Morgan fingerprint density at radius 1 is 1.13 bits per heavy atom. The summed E-state index contributed by atoms with van der Waals surface area (Å²) in [4.78, 5) is -0.242. The van der Waals surface area contributed by atoms with E-state index in [0.717, 1.165) is 5.56 Å². The summed E-state index contributed by atoms with van der Waals surface area (Å²) in [7, 11) is -2.85. The van der Waals surface area contributed by atoms with Gasteiger partial charge in [0.15, 0.2) is 0 Å². The third kappa shape index (κ3) is 5.02. The molecule has 0 saturated carbocycles. The smallest absolute Gasteiger partial charge is 0.868 e. The topological polar surface area (TPSA) is 111 Å². The van der Waals surface area contributed by atoms with Crippen molar-refractivity contribution in [3.8, 4) is 11.5 Å². The van der Waals surface area contributed by atoms with Crippen molar-refractivity contribution in [1.82, 2.24) is 0 Å². The van der Waals surface area contributed by atoms with Gasteiger partial charge >= 0.3 is 29.6 Å². The van der Waals surface area contributed by atoms with Crippen molar-refractivity contribution in [1.29, 1.82) is 0 Å². The van der Waals surface area contributed by atoms with Gasteiger partial charge in [-0.05, 0) is 54.6 Å². The molecule has 0 aliphatic rings. The maximum atomic E-state index is 12.0. The SMILES string of the molecule is COc1cc(C)cc(N=Nc2ccc(S(=O)(=O)O)cc2)c1[O-].[Na+]. The summed E-state index contributed by atoms with van der Waals surface area (Å²) in [6, 6.07) is 8.29. The van der Waals surface area contributed by atoms with Crippen molar-refractivity contribution < 1.29 is 52.4 Å². The first-order valence-electron chi connectivity index (χ1n) is 6.16. The molecule has 2 aromatic carbocycles. The fourth-order valence-corrected chi connectivity index (χ4v) is 2.22. The molecule has 0 unspecified atom stereocenters. The molecule has 1 N–H and O–H groups in total. The number of ether oxygens (including phenoxy) is 1. The molecule has 0 atom stereocenters. The summed E-state index contributed by atoms with van der Waals surface area (Å²) >= 11 is 0. The predicted molar refractivity (Wildman–Crippen MR) is 77.6 cm³/mol. The van der Waals surface area contributed by atoms with E-state index in [1.807, 2.05) is 0 Å². The molecule has 0 aliphatic carbocycles. The minimum atomic E-state index is -4.25. The minimum Gasteiger partial charge on any atom is -0.868 e. The van der Waals surface area contributed by atoms with Crippen LogP contribution in [-0.2, 0) is 10.1 Å². The Balaban J connectivity index is 0.00000264. The van der Waals surface area contributed by atoms with Gasteiger partial charge in [0.25, 0.3) is 10.1 Å². The number of aryl methyl sites for hydroxylation is 1. The molecular formula is C14H13N2NaO5S. The normalized spacial score (nSPS) is 11.3. The first-order valence-corrected chi connectivity index (χ1v) is 7.60. The molecule has 0 aromatic heterocycles. The van der Waals surface area contributed by atoms with E-state index in [9.17, 15) is 13.5 Å². The predicted octanol–water partition coefficient (Wildman–Crippen LogP) is -0.257. The summed E-state index contributed by atoms with van der Waals surface area (Å²) in [6.07, 6.45) is 0. The first-order chi connectivity index (χ1) is 10.3. The second kappa shape index (κ2) is 7.89. The van der Waals surface area contributed by atoms with Crippen LogP contribution in [-0.4, -0.2) is 20.1 Å². The average molecular weight is 344 g/mol. The van der Waals surface area contributed by atoms with E-state index in [1.165, 1.54) is 31.4 Å².